The Morgan fingerprint density at radius 1 is 0.878 bits per heavy atom. The lowest BCUT2D eigenvalue weighted by Crippen LogP contribution is -2.48. The minimum atomic E-state index is -0.808. The quantitative estimate of drug-likeness (QED) is 0.271. The summed E-state index contributed by atoms with van der Waals surface area (Å²) in [5, 5.41) is 8.55. The number of methoxy groups -OCH3 is 2. The lowest BCUT2D eigenvalue weighted by atomic mass is 9.91. The average Bonchev–Trinajstić information content (AvgIpc) is 2.98. The topological polar surface area (TPSA) is 118 Å². The molecule has 0 fully saturated rings. The van der Waals surface area contributed by atoms with Gasteiger partial charge >= 0.3 is 18.0 Å². The molecular weight excluding hydrogens is 524 g/mol. The Morgan fingerprint density at radius 3 is 2.20 bits per heavy atom. The van der Waals surface area contributed by atoms with E-state index in [2.05, 4.69) is 16.0 Å². The number of rotatable bonds is 10. The molecule has 0 radical (unpaired) electrons. The Bertz CT molecular complexity index is 1420. The van der Waals surface area contributed by atoms with Crippen molar-refractivity contribution in [1.29, 1.82) is 0 Å². The third-order valence-electron chi connectivity index (χ3n) is 6.40. The number of urea groups is 2. The fraction of sp³-hybridized carbons (Fsp3) is 0.258. The number of benzene rings is 3. The van der Waals surface area contributed by atoms with Gasteiger partial charge in [0.05, 0.1) is 38.1 Å². The third kappa shape index (κ3) is 6.78. The first-order valence-electron chi connectivity index (χ1n) is 13.3. The molecule has 41 heavy (non-hydrogen) atoms. The maximum absolute atomic E-state index is 13.4. The van der Waals surface area contributed by atoms with E-state index in [1.54, 1.807) is 54.3 Å². The molecule has 0 saturated heterocycles. The number of esters is 1. The molecular formula is C31H34N4O6. The van der Waals surface area contributed by atoms with Gasteiger partial charge in [0.1, 0.15) is 11.5 Å². The van der Waals surface area contributed by atoms with Crippen LogP contribution >= 0.6 is 0 Å². The van der Waals surface area contributed by atoms with E-state index in [0.29, 0.717) is 52.7 Å². The number of hydrogen-bond donors (Lipinski definition) is 3. The molecule has 4 rings (SSSR count). The minimum Gasteiger partial charge on any atom is -0.497 e. The summed E-state index contributed by atoms with van der Waals surface area (Å²) in [7, 11) is 3.05. The number of carbonyl (C=O) groups excluding carboxylic acids is 3. The summed E-state index contributed by atoms with van der Waals surface area (Å²) in [6, 6.07) is 19.7. The van der Waals surface area contributed by atoms with Gasteiger partial charge in [0.2, 0.25) is 0 Å². The van der Waals surface area contributed by atoms with Crippen LogP contribution in [0.5, 0.6) is 11.5 Å². The molecule has 1 unspecified atom stereocenters. The van der Waals surface area contributed by atoms with Crippen molar-refractivity contribution in [3.8, 4) is 11.5 Å². The van der Waals surface area contributed by atoms with Crippen LogP contribution in [0.2, 0.25) is 0 Å². The first kappa shape index (κ1) is 29.0. The largest absolute Gasteiger partial charge is 0.497 e. The fourth-order valence-corrected chi connectivity index (χ4v) is 4.64. The smallest absolute Gasteiger partial charge is 0.338 e. The average molecular weight is 559 g/mol. The first-order valence-corrected chi connectivity index (χ1v) is 13.3. The van der Waals surface area contributed by atoms with Gasteiger partial charge in [-0.2, -0.15) is 0 Å². The van der Waals surface area contributed by atoms with Gasteiger partial charge in [-0.3, -0.25) is 4.90 Å². The Hall–Kier alpha value is -4.99. The number of carbonyl (C=O) groups is 3. The Labute approximate surface area is 239 Å². The van der Waals surface area contributed by atoms with Crippen molar-refractivity contribution in [3.05, 3.63) is 89.5 Å². The summed E-state index contributed by atoms with van der Waals surface area (Å²) in [5.41, 5.74) is 3.09. The summed E-state index contributed by atoms with van der Waals surface area (Å²) in [4.78, 5) is 41.3. The number of hydrogen-bond acceptors (Lipinski definition) is 6. The molecule has 0 spiro atoms. The third-order valence-corrected chi connectivity index (χ3v) is 6.40. The van der Waals surface area contributed by atoms with Gasteiger partial charge in [-0.15, -0.1) is 0 Å². The molecule has 10 heteroatoms. The second-order valence-corrected chi connectivity index (χ2v) is 9.19. The van der Waals surface area contributed by atoms with Crippen LogP contribution in [0.1, 0.15) is 37.4 Å². The van der Waals surface area contributed by atoms with Gasteiger partial charge in [-0.25, -0.2) is 14.4 Å². The predicted molar refractivity (Wildman–Crippen MR) is 157 cm³/mol. The van der Waals surface area contributed by atoms with Gasteiger partial charge < -0.3 is 30.2 Å². The number of ether oxygens (including phenoxy) is 3. The minimum absolute atomic E-state index is 0.176. The van der Waals surface area contributed by atoms with E-state index >= 15 is 0 Å². The van der Waals surface area contributed by atoms with Crippen LogP contribution in [-0.2, 0) is 9.53 Å². The van der Waals surface area contributed by atoms with Gasteiger partial charge in [0.15, 0.2) is 0 Å². The molecule has 4 amide bonds. The first-order chi connectivity index (χ1) is 19.9. The zero-order valence-electron chi connectivity index (χ0n) is 23.5. The van der Waals surface area contributed by atoms with E-state index in [1.807, 2.05) is 37.3 Å². The molecule has 0 bridgehead atoms. The van der Waals surface area contributed by atoms with Crippen molar-refractivity contribution < 1.29 is 28.6 Å². The number of amides is 4. The highest BCUT2D eigenvalue weighted by molar-refractivity contribution is 6.05. The highest BCUT2D eigenvalue weighted by Crippen LogP contribution is 2.37. The lowest BCUT2D eigenvalue weighted by molar-refractivity contribution is -0.138. The summed E-state index contributed by atoms with van der Waals surface area (Å²) in [6.45, 7) is 4.30. The van der Waals surface area contributed by atoms with Crippen molar-refractivity contribution in [2.75, 3.05) is 38.0 Å². The van der Waals surface area contributed by atoms with E-state index in [1.165, 1.54) is 14.2 Å². The standard InChI is InChI=1S/C31H34N4O6/c1-5-15-35-28(20-11-8-7-9-12-20)26(29(36)41-6-2)27(34-31(35)38)21-13-10-14-22(16-21)32-30(37)33-23-17-24(39-3)19-25(18-23)40-4/h7-14,16-19,27H,5-6,15H2,1-4H3,(H,34,38)(H2,32,33,37). The summed E-state index contributed by atoms with van der Waals surface area (Å²) < 4.78 is 16.0. The zero-order valence-corrected chi connectivity index (χ0v) is 23.5. The van der Waals surface area contributed by atoms with Crippen molar-refractivity contribution in [1.82, 2.24) is 10.2 Å². The SMILES string of the molecule is CCCN1C(=O)NC(c2cccc(NC(=O)Nc3cc(OC)cc(OC)c3)c2)C(C(=O)OCC)=C1c1ccccc1. The normalized spacial score (nSPS) is 14.7. The molecule has 1 aliphatic heterocycles. The monoisotopic (exact) mass is 558 g/mol. The van der Waals surface area contributed by atoms with E-state index in [4.69, 9.17) is 14.2 Å². The number of nitrogens with one attached hydrogen (secondary N) is 3. The molecule has 3 aromatic rings. The maximum atomic E-state index is 13.4. The highest BCUT2D eigenvalue weighted by atomic mass is 16.5. The van der Waals surface area contributed by atoms with Crippen LogP contribution in [0.25, 0.3) is 5.70 Å². The van der Waals surface area contributed by atoms with E-state index in [0.717, 1.165) is 5.56 Å². The van der Waals surface area contributed by atoms with E-state index in [-0.39, 0.29) is 12.6 Å². The molecule has 10 nitrogen and oxygen atoms in total. The molecule has 0 saturated carbocycles. The number of nitrogens with zero attached hydrogens (tertiary/aromatic N) is 1. The molecule has 0 aromatic heterocycles. The van der Waals surface area contributed by atoms with Crippen molar-refractivity contribution in [3.63, 3.8) is 0 Å². The lowest BCUT2D eigenvalue weighted by Gasteiger charge is -2.37. The van der Waals surface area contributed by atoms with Crippen LogP contribution in [0.15, 0.2) is 78.4 Å². The van der Waals surface area contributed by atoms with E-state index in [9.17, 15) is 14.4 Å². The second kappa shape index (κ2) is 13.4. The van der Waals surface area contributed by atoms with Gasteiger partial charge in [-0.05, 0) is 36.6 Å². The highest BCUT2D eigenvalue weighted by Gasteiger charge is 2.38. The number of anilines is 2. The van der Waals surface area contributed by atoms with Crippen LogP contribution < -0.4 is 25.4 Å². The molecule has 1 atom stereocenters. The second-order valence-electron chi connectivity index (χ2n) is 9.19. The fourth-order valence-electron chi connectivity index (χ4n) is 4.64. The van der Waals surface area contributed by atoms with Crippen molar-refractivity contribution in [2.45, 2.75) is 26.3 Å². The van der Waals surface area contributed by atoms with Gasteiger partial charge in [0, 0.05) is 36.1 Å². The Morgan fingerprint density at radius 2 is 1.56 bits per heavy atom. The molecule has 1 aliphatic rings. The Balaban J connectivity index is 1.69. The maximum Gasteiger partial charge on any atom is 0.338 e. The summed E-state index contributed by atoms with van der Waals surface area (Å²) >= 11 is 0. The van der Waals surface area contributed by atoms with Crippen LogP contribution in [0.3, 0.4) is 0 Å². The molecule has 1 heterocycles. The van der Waals surface area contributed by atoms with Crippen molar-refractivity contribution in [2.24, 2.45) is 0 Å². The van der Waals surface area contributed by atoms with E-state index < -0.39 is 18.0 Å². The van der Waals surface area contributed by atoms with Crippen LogP contribution in [0.4, 0.5) is 21.0 Å². The molecule has 3 N–H and O–H groups in total. The van der Waals surface area contributed by atoms with Gasteiger partial charge in [0.25, 0.3) is 0 Å². The Kier molecular flexibility index (Phi) is 9.47. The van der Waals surface area contributed by atoms with Crippen LogP contribution in [0, 0.1) is 0 Å². The predicted octanol–water partition coefficient (Wildman–Crippen LogP) is 5.80. The zero-order chi connectivity index (χ0) is 29.4. The molecule has 0 aliphatic carbocycles. The van der Waals surface area contributed by atoms with Gasteiger partial charge in [-0.1, -0.05) is 49.4 Å². The summed E-state index contributed by atoms with van der Waals surface area (Å²) in [5.74, 6) is 0.527. The van der Waals surface area contributed by atoms with Crippen molar-refractivity contribution >= 4 is 35.1 Å². The molecule has 214 valence electrons. The summed E-state index contributed by atoms with van der Waals surface area (Å²) in [6.07, 6.45) is 0.693. The van der Waals surface area contributed by atoms with Crippen LogP contribution in [-0.4, -0.2) is 50.3 Å². The molecule has 3 aromatic carbocycles.